The molecule has 0 heterocycles. The Hall–Kier alpha value is -2.20. The Morgan fingerprint density at radius 2 is 0.913 bits per heavy atom. The van der Waals surface area contributed by atoms with Gasteiger partial charge >= 0.3 is 23.9 Å². The zero-order valence-electron chi connectivity index (χ0n) is 12.4. The van der Waals surface area contributed by atoms with Crippen LogP contribution in [0.4, 0.5) is 0 Å². The van der Waals surface area contributed by atoms with Gasteiger partial charge in [-0.15, -0.1) is 0 Å². The predicted octanol–water partition coefficient (Wildman–Crippen LogP) is -1.15. The highest BCUT2D eigenvalue weighted by molar-refractivity contribution is 5.73. The van der Waals surface area contributed by atoms with Gasteiger partial charge in [0.25, 0.3) is 0 Å². The van der Waals surface area contributed by atoms with Gasteiger partial charge in [-0.25, -0.2) is 0 Å². The molecule has 1 saturated carbocycles. The largest absolute Gasteiger partial charge is 0.480 e. The van der Waals surface area contributed by atoms with E-state index in [2.05, 4.69) is 0 Å². The fourth-order valence-corrected chi connectivity index (χ4v) is 2.92. The topological polar surface area (TPSA) is 156 Å². The SMILES string of the molecule is O=C(O)CN(CC(=O)O)[C@H]1CC[C@H](N(CC(=O)O)CC(=O)O)C1. The van der Waals surface area contributed by atoms with Gasteiger partial charge in [0.05, 0.1) is 26.2 Å². The molecule has 4 N–H and O–H groups in total. The molecule has 1 fully saturated rings. The van der Waals surface area contributed by atoms with E-state index in [4.69, 9.17) is 20.4 Å². The van der Waals surface area contributed by atoms with E-state index in [1.165, 1.54) is 9.80 Å². The third-order valence-corrected chi connectivity index (χ3v) is 3.76. The van der Waals surface area contributed by atoms with Gasteiger partial charge in [-0.1, -0.05) is 0 Å². The molecule has 10 heteroatoms. The standard InChI is InChI=1S/C13H20N2O8/c16-10(17)4-14(5-11(18)19)8-1-2-9(3-8)15(6-12(20)21)7-13(22)23/h8-9H,1-7H2,(H,16,17)(H,18,19)(H,20,21)(H,22,23)/t8-,9-/m0/s1. The van der Waals surface area contributed by atoms with Crippen molar-refractivity contribution >= 4 is 23.9 Å². The van der Waals surface area contributed by atoms with E-state index >= 15 is 0 Å². The summed E-state index contributed by atoms with van der Waals surface area (Å²) in [6, 6.07) is -0.672. The molecule has 130 valence electrons. The van der Waals surface area contributed by atoms with Crippen molar-refractivity contribution in [3.63, 3.8) is 0 Å². The van der Waals surface area contributed by atoms with Gasteiger partial charge in [0.15, 0.2) is 0 Å². The molecule has 0 amide bonds. The van der Waals surface area contributed by atoms with Crippen molar-refractivity contribution in [2.75, 3.05) is 26.2 Å². The molecular formula is C13H20N2O8. The van der Waals surface area contributed by atoms with Crippen LogP contribution in [0, 0.1) is 0 Å². The smallest absolute Gasteiger partial charge is 0.317 e. The summed E-state index contributed by atoms with van der Waals surface area (Å²) in [5, 5.41) is 35.5. The molecule has 1 aliphatic rings. The number of carbonyl (C=O) groups is 4. The first-order valence-corrected chi connectivity index (χ1v) is 7.04. The molecule has 0 bridgehead atoms. The molecule has 0 aromatic carbocycles. The Labute approximate surface area is 131 Å². The lowest BCUT2D eigenvalue weighted by Crippen LogP contribution is -2.44. The lowest BCUT2D eigenvalue weighted by molar-refractivity contribution is -0.144. The van der Waals surface area contributed by atoms with E-state index in [0.29, 0.717) is 19.3 Å². The third kappa shape index (κ3) is 6.61. The van der Waals surface area contributed by atoms with Crippen molar-refractivity contribution in [2.45, 2.75) is 31.3 Å². The lowest BCUT2D eigenvalue weighted by atomic mass is 10.1. The highest BCUT2D eigenvalue weighted by Crippen LogP contribution is 2.28. The molecule has 10 nitrogen and oxygen atoms in total. The van der Waals surface area contributed by atoms with Gasteiger partial charge in [-0.2, -0.15) is 0 Å². The van der Waals surface area contributed by atoms with Crippen LogP contribution in [0.15, 0.2) is 0 Å². The van der Waals surface area contributed by atoms with Crippen LogP contribution >= 0.6 is 0 Å². The number of hydrogen-bond donors (Lipinski definition) is 4. The lowest BCUT2D eigenvalue weighted by Gasteiger charge is -2.28. The highest BCUT2D eigenvalue weighted by Gasteiger charge is 2.35. The van der Waals surface area contributed by atoms with Crippen LogP contribution in [0.5, 0.6) is 0 Å². The van der Waals surface area contributed by atoms with Crippen LogP contribution in [0.1, 0.15) is 19.3 Å². The van der Waals surface area contributed by atoms with Crippen LogP contribution in [0.25, 0.3) is 0 Å². The van der Waals surface area contributed by atoms with Gasteiger partial charge in [0.1, 0.15) is 0 Å². The fraction of sp³-hybridized carbons (Fsp3) is 0.692. The summed E-state index contributed by atoms with van der Waals surface area (Å²) >= 11 is 0. The Bertz CT molecular complexity index is 407. The van der Waals surface area contributed by atoms with Crippen LogP contribution in [-0.2, 0) is 19.2 Å². The van der Waals surface area contributed by atoms with Crippen LogP contribution in [0.2, 0.25) is 0 Å². The summed E-state index contributed by atoms with van der Waals surface area (Å²) in [7, 11) is 0. The minimum Gasteiger partial charge on any atom is -0.480 e. The number of nitrogens with zero attached hydrogens (tertiary/aromatic N) is 2. The van der Waals surface area contributed by atoms with Crippen molar-refractivity contribution in [1.29, 1.82) is 0 Å². The maximum Gasteiger partial charge on any atom is 0.317 e. The first-order valence-electron chi connectivity index (χ1n) is 7.04. The Morgan fingerprint density at radius 3 is 1.13 bits per heavy atom. The maximum atomic E-state index is 10.9. The van der Waals surface area contributed by atoms with Crippen LogP contribution in [-0.4, -0.2) is 92.4 Å². The second kappa shape index (κ2) is 8.44. The second-order valence-electron chi connectivity index (χ2n) is 5.51. The summed E-state index contributed by atoms with van der Waals surface area (Å²) in [4.78, 5) is 46.0. The van der Waals surface area contributed by atoms with E-state index in [0.717, 1.165) is 0 Å². The fourth-order valence-electron chi connectivity index (χ4n) is 2.92. The van der Waals surface area contributed by atoms with Crippen LogP contribution < -0.4 is 0 Å². The quantitative estimate of drug-likeness (QED) is 0.385. The van der Waals surface area contributed by atoms with Crippen molar-refractivity contribution in [1.82, 2.24) is 9.80 Å². The Kier molecular flexibility index (Phi) is 6.91. The first-order chi connectivity index (χ1) is 10.7. The van der Waals surface area contributed by atoms with E-state index in [-0.39, 0.29) is 12.1 Å². The third-order valence-electron chi connectivity index (χ3n) is 3.76. The zero-order valence-corrected chi connectivity index (χ0v) is 12.4. The van der Waals surface area contributed by atoms with Crippen molar-refractivity contribution in [3.05, 3.63) is 0 Å². The van der Waals surface area contributed by atoms with Gasteiger partial charge < -0.3 is 20.4 Å². The summed E-state index contributed by atoms with van der Waals surface area (Å²) in [5.74, 6) is -4.60. The van der Waals surface area contributed by atoms with Gasteiger partial charge in [-0.3, -0.25) is 29.0 Å². The van der Waals surface area contributed by atoms with Gasteiger partial charge in [-0.05, 0) is 19.3 Å². The van der Waals surface area contributed by atoms with Gasteiger partial charge in [0, 0.05) is 12.1 Å². The second-order valence-corrected chi connectivity index (χ2v) is 5.51. The van der Waals surface area contributed by atoms with E-state index < -0.39 is 50.1 Å². The molecule has 0 spiro atoms. The number of hydrogen-bond acceptors (Lipinski definition) is 6. The van der Waals surface area contributed by atoms with E-state index in [1.807, 2.05) is 0 Å². The Balaban J connectivity index is 2.74. The average Bonchev–Trinajstić information content (AvgIpc) is 2.84. The number of aliphatic carboxylic acids is 4. The molecular weight excluding hydrogens is 312 g/mol. The van der Waals surface area contributed by atoms with Crippen molar-refractivity contribution in [3.8, 4) is 0 Å². The minimum absolute atomic E-state index is 0.334. The van der Waals surface area contributed by atoms with E-state index in [1.54, 1.807) is 0 Å². The molecule has 0 saturated heterocycles. The Morgan fingerprint density at radius 1 is 0.652 bits per heavy atom. The first kappa shape index (κ1) is 18.8. The monoisotopic (exact) mass is 332 g/mol. The zero-order chi connectivity index (χ0) is 17.6. The van der Waals surface area contributed by atoms with E-state index in [9.17, 15) is 19.2 Å². The molecule has 0 unspecified atom stereocenters. The molecule has 0 radical (unpaired) electrons. The number of carboxylic acid groups (broad SMARTS) is 4. The summed E-state index contributed by atoms with van der Waals surface area (Å²) in [5.41, 5.74) is 0. The van der Waals surface area contributed by atoms with Crippen molar-refractivity contribution in [2.24, 2.45) is 0 Å². The summed E-state index contributed by atoms with van der Waals surface area (Å²) < 4.78 is 0. The average molecular weight is 332 g/mol. The number of rotatable bonds is 10. The molecule has 2 atom stereocenters. The highest BCUT2D eigenvalue weighted by atomic mass is 16.4. The summed E-state index contributed by atoms with van der Waals surface area (Å²) in [6.07, 6.45) is 1.31. The predicted molar refractivity (Wildman–Crippen MR) is 75.1 cm³/mol. The molecule has 23 heavy (non-hydrogen) atoms. The maximum absolute atomic E-state index is 10.9. The van der Waals surface area contributed by atoms with Crippen LogP contribution in [0.3, 0.4) is 0 Å². The molecule has 0 aliphatic heterocycles. The minimum atomic E-state index is -1.15. The molecule has 0 aromatic rings. The number of carboxylic acids is 4. The normalized spacial score (nSPS) is 20.8. The molecule has 1 rings (SSSR count). The summed E-state index contributed by atoms with van der Waals surface area (Å²) in [6.45, 7) is -1.72. The van der Waals surface area contributed by atoms with Gasteiger partial charge in [0.2, 0.25) is 0 Å². The molecule has 1 aliphatic carbocycles. The van der Waals surface area contributed by atoms with Crippen molar-refractivity contribution < 1.29 is 39.6 Å². The molecule has 0 aromatic heterocycles.